The Balaban J connectivity index is 1.73. The smallest absolute Gasteiger partial charge is 0.290 e. The number of nitrogens with zero attached hydrogens (tertiary/aromatic N) is 1. The van der Waals surface area contributed by atoms with Gasteiger partial charge in [0.25, 0.3) is 5.91 Å². The van der Waals surface area contributed by atoms with Crippen LogP contribution in [0.5, 0.6) is 0 Å². The molecule has 1 saturated heterocycles. The standard InChI is InChI=1S/C20H20FNO5S/c1-12-3-5-16(26-12)10-22(15-7-8-28(24,25)11-15)20(23)19-13(2)17-9-14(21)4-6-18(17)27-19/h3-6,9,15H,7-8,10-11H2,1-2H3. The molecule has 1 fully saturated rings. The summed E-state index contributed by atoms with van der Waals surface area (Å²) in [6, 6.07) is 7.16. The predicted octanol–water partition coefficient (Wildman–Crippen LogP) is 3.61. The van der Waals surface area contributed by atoms with Crippen molar-refractivity contribution >= 4 is 26.7 Å². The van der Waals surface area contributed by atoms with Gasteiger partial charge in [-0.25, -0.2) is 12.8 Å². The van der Waals surface area contributed by atoms with Crippen molar-refractivity contribution in [1.82, 2.24) is 4.90 Å². The number of rotatable bonds is 4. The average molecular weight is 405 g/mol. The van der Waals surface area contributed by atoms with E-state index in [9.17, 15) is 17.6 Å². The molecule has 1 amide bonds. The molecule has 1 aliphatic heterocycles. The summed E-state index contributed by atoms with van der Waals surface area (Å²) in [5.41, 5.74) is 0.941. The number of hydrogen-bond acceptors (Lipinski definition) is 5. The van der Waals surface area contributed by atoms with Crippen LogP contribution in [0.4, 0.5) is 4.39 Å². The first-order chi connectivity index (χ1) is 13.2. The maximum atomic E-state index is 13.6. The number of carbonyl (C=O) groups is 1. The van der Waals surface area contributed by atoms with Crippen LogP contribution in [0.2, 0.25) is 0 Å². The molecule has 0 spiro atoms. The molecule has 3 heterocycles. The molecule has 148 valence electrons. The van der Waals surface area contributed by atoms with Gasteiger partial charge in [-0.1, -0.05) is 0 Å². The van der Waals surface area contributed by atoms with E-state index >= 15 is 0 Å². The fourth-order valence-electron chi connectivity index (χ4n) is 3.65. The van der Waals surface area contributed by atoms with E-state index in [1.165, 1.54) is 23.1 Å². The topological polar surface area (TPSA) is 80.7 Å². The fourth-order valence-corrected chi connectivity index (χ4v) is 5.38. The summed E-state index contributed by atoms with van der Waals surface area (Å²) in [5.74, 6) is 0.473. The Kier molecular flexibility index (Phi) is 4.53. The van der Waals surface area contributed by atoms with Crippen LogP contribution in [0, 0.1) is 19.7 Å². The van der Waals surface area contributed by atoms with Gasteiger partial charge in [0.05, 0.1) is 18.1 Å². The molecule has 2 aromatic heterocycles. The average Bonchev–Trinajstić information content (AvgIpc) is 3.30. The number of aryl methyl sites for hydroxylation is 2. The maximum Gasteiger partial charge on any atom is 0.290 e. The molecule has 28 heavy (non-hydrogen) atoms. The predicted molar refractivity (Wildman–Crippen MR) is 101 cm³/mol. The molecule has 0 aliphatic carbocycles. The van der Waals surface area contributed by atoms with E-state index in [2.05, 4.69) is 0 Å². The molecule has 0 radical (unpaired) electrons. The van der Waals surface area contributed by atoms with Gasteiger partial charge in [0, 0.05) is 17.0 Å². The minimum atomic E-state index is -3.19. The maximum absolute atomic E-state index is 13.6. The van der Waals surface area contributed by atoms with Crippen LogP contribution in [0.15, 0.2) is 39.2 Å². The second kappa shape index (κ2) is 6.77. The first-order valence-corrected chi connectivity index (χ1v) is 10.8. The van der Waals surface area contributed by atoms with Crippen LogP contribution in [-0.2, 0) is 16.4 Å². The van der Waals surface area contributed by atoms with Gasteiger partial charge < -0.3 is 13.7 Å². The fraction of sp³-hybridized carbons (Fsp3) is 0.350. The molecule has 4 rings (SSSR count). The number of halogens is 1. The number of fused-ring (bicyclic) bond motifs is 1. The molecule has 3 aromatic rings. The Morgan fingerprint density at radius 2 is 2.00 bits per heavy atom. The highest BCUT2D eigenvalue weighted by Gasteiger charge is 2.37. The zero-order valence-electron chi connectivity index (χ0n) is 15.6. The molecule has 1 aliphatic rings. The lowest BCUT2D eigenvalue weighted by atomic mass is 10.1. The Morgan fingerprint density at radius 1 is 1.21 bits per heavy atom. The summed E-state index contributed by atoms with van der Waals surface area (Å²) in [4.78, 5) is 14.8. The highest BCUT2D eigenvalue weighted by molar-refractivity contribution is 7.91. The lowest BCUT2D eigenvalue weighted by Gasteiger charge is -2.26. The molecule has 6 nitrogen and oxygen atoms in total. The summed E-state index contributed by atoms with van der Waals surface area (Å²) in [6.07, 6.45) is 0.363. The molecule has 8 heteroatoms. The monoisotopic (exact) mass is 405 g/mol. The molecular weight excluding hydrogens is 385 g/mol. The van der Waals surface area contributed by atoms with Crippen LogP contribution in [0.25, 0.3) is 11.0 Å². The van der Waals surface area contributed by atoms with Gasteiger partial charge in [0.2, 0.25) is 0 Å². The normalized spacial score (nSPS) is 18.6. The highest BCUT2D eigenvalue weighted by Crippen LogP contribution is 2.29. The molecule has 0 N–H and O–H groups in total. The van der Waals surface area contributed by atoms with E-state index in [0.717, 1.165) is 0 Å². The van der Waals surface area contributed by atoms with Gasteiger partial charge in [-0.3, -0.25) is 4.79 Å². The second-order valence-electron chi connectivity index (χ2n) is 7.20. The molecule has 1 aromatic carbocycles. The van der Waals surface area contributed by atoms with E-state index in [4.69, 9.17) is 8.83 Å². The van der Waals surface area contributed by atoms with Crippen molar-refractivity contribution in [3.63, 3.8) is 0 Å². The summed E-state index contributed by atoms with van der Waals surface area (Å²) in [6.45, 7) is 3.63. The zero-order valence-corrected chi connectivity index (χ0v) is 16.4. The first-order valence-electron chi connectivity index (χ1n) is 8.99. The Bertz CT molecular complexity index is 1160. The van der Waals surface area contributed by atoms with Gasteiger partial charge in [-0.2, -0.15) is 0 Å². The number of carbonyl (C=O) groups excluding carboxylic acids is 1. The van der Waals surface area contributed by atoms with Gasteiger partial charge >= 0.3 is 0 Å². The Hall–Kier alpha value is -2.61. The van der Waals surface area contributed by atoms with E-state index in [0.29, 0.717) is 34.5 Å². The second-order valence-corrected chi connectivity index (χ2v) is 9.43. The lowest BCUT2D eigenvalue weighted by molar-refractivity contribution is 0.0634. The van der Waals surface area contributed by atoms with Crippen LogP contribution in [0.1, 0.15) is 34.1 Å². The van der Waals surface area contributed by atoms with Crippen molar-refractivity contribution in [3.8, 4) is 0 Å². The largest absolute Gasteiger partial charge is 0.464 e. The van der Waals surface area contributed by atoms with Crippen molar-refractivity contribution < 1.29 is 26.4 Å². The number of amides is 1. The van der Waals surface area contributed by atoms with Crippen molar-refractivity contribution in [2.75, 3.05) is 11.5 Å². The third-order valence-corrected chi connectivity index (χ3v) is 6.88. The quantitative estimate of drug-likeness (QED) is 0.662. The number of benzene rings is 1. The van der Waals surface area contributed by atoms with E-state index in [-0.39, 0.29) is 23.8 Å². The minimum absolute atomic E-state index is 0.0446. The highest BCUT2D eigenvalue weighted by atomic mass is 32.2. The number of sulfone groups is 1. The van der Waals surface area contributed by atoms with Crippen molar-refractivity contribution in [2.24, 2.45) is 0 Å². The minimum Gasteiger partial charge on any atom is -0.464 e. The van der Waals surface area contributed by atoms with Gasteiger partial charge in [-0.15, -0.1) is 0 Å². The summed E-state index contributed by atoms with van der Waals surface area (Å²) < 4.78 is 48.9. The summed E-state index contributed by atoms with van der Waals surface area (Å²) in [5, 5.41) is 0.524. The van der Waals surface area contributed by atoms with Crippen molar-refractivity contribution in [2.45, 2.75) is 32.9 Å². The van der Waals surface area contributed by atoms with Crippen molar-refractivity contribution in [1.29, 1.82) is 0 Å². The van der Waals surface area contributed by atoms with Gasteiger partial charge in [-0.05, 0) is 50.6 Å². The van der Waals surface area contributed by atoms with Crippen LogP contribution in [-0.4, -0.2) is 36.8 Å². The van der Waals surface area contributed by atoms with E-state index in [1.54, 1.807) is 26.0 Å². The molecule has 0 saturated carbocycles. The molecular formula is C20H20FNO5S. The third-order valence-electron chi connectivity index (χ3n) is 5.12. The lowest BCUT2D eigenvalue weighted by Crippen LogP contribution is -2.40. The Morgan fingerprint density at radius 3 is 2.64 bits per heavy atom. The zero-order chi connectivity index (χ0) is 20.1. The van der Waals surface area contributed by atoms with E-state index in [1.807, 2.05) is 0 Å². The van der Waals surface area contributed by atoms with Crippen LogP contribution < -0.4 is 0 Å². The third kappa shape index (κ3) is 3.44. The van der Waals surface area contributed by atoms with Crippen LogP contribution in [0.3, 0.4) is 0 Å². The Labute approximate surface area is 161 Å². The van der Waals surface area contributed by atoms with Crippen molar-refractivity contribution in [3.05, 3.63) is 59.0 Å². The van der Waals surface area contributed by atoms with E-state index < -0.39 is 27.6 Å². The summed E-state index contributed by atoms with van der Waals surface area (Å²) >= 11 is 0. The summed E-state index contributed by atoms with van der Waals surface area (Å²) in [7, 11) is -3.19. The molecule has 0 bridgehead atoms. The number of hydrogen-bond donors (Lipinski definition) is 0. The van der Waals surface area contributed by atoms with Crippen LogP contribution >= 0.6 is 0 Å². The SMILES string of the molecule is Cc1ccc(CN(C(=O)c2oc3ccc(F)cc3c2C)C2CCS(=O)(=O)C2)o1. The van der Waals surface area contributed by atoms with Gasteiger partial charge in [0.15, 0.2) is 15.6 Å². The number of furan rings is 2. The molecule has 1 unspecified atom stereocenters. The van der Waals surface area contributed by atoms with Gasteiger partial charge in [0.1, 0.15) is 22.9 Å². The first kappa shape index (κ1) is 18.7. The molecule has 1 atom stereocenters.